The second kappa shape index (κ2) is 6.53. The van der Waals surface area contributed by atoms with Crippen molar-refractivity contribution >= 4 is 0 Å². The van der Waals surface area contributed by atoms with Crippen LogP contribution in [-0.4, -0.2) is 10.1 Å². The first kappa shape index (κ1) is 18.3. The predicted molar refractivity (Wildman–Crippen MR) is 110 cm³/mol. The van der Waals surface area contributed by atoms with Crippen LogP contribution in [0.15, 0.2) is 51.8 Å². The van der Waals surface area contributed by atoms with Gasteiger partial charge >= 0.3 is 5.76 Å². The third-order valence-corrected chi connectivity index (χ3v) is 5.80. The van der Waals surface area contributed by atoms with Gasteiger partial charge in [0, 0.05) is 16.7 Å². The first-order valence-corrected chi connectivity index (χ1v) is 9.58. The zero-order valence-corrected chi connectivity index (χ0v) is 16.7. The van der Waals surface area contributed by atoms with Crippen LogP contribution in [0.3, 0.4) is 0 Å². The van der Waals surface area contributed by atoms with E-state index in [4.69, 9.17) is 0 Å². The molecule has 0 saturated heterocycles. The maximum Gasteiger partial charge on any atom is 0.439 e. The molecule has 28 heavy (non-hydrogen) atoms. The first-order chi connectivity index (χ1) is 13.2. The summed E-state index contributed by atoms with van der Waals surface area (Å²) in [6.45, 7) is 9.31. The molecule has 1 aliphatic carbocycles. The van der Waals surface area contributed by atoms with Gasteiger partial charge in [-0.25, -0.2) is 4.79 Å². The number of hydrogen-bond acceptors (Lipinski definition) is 3. The van der Waals surface area contributed by atoms with Crippen molar-refractivity contribution in [2.75, 3.05) is 0 Å². The minimum Gasteiger partial charge on any atom is -0.296 e. The summed E-state index contributed by atoms with van der Waals surface area (Å²) in [6.07, 6.45) is 2.40. The van der Waals surface area contributed by atoms with Crippen LogP contribution in [-0.2, 0) is 10.8 Å². The second-order valence-electron chi connectivity index (χ2n) is 8.80. The minimum atomic E-state index is -0.558. The molecule has 1 aliphatic rings. The molecule has 0 aliphatic heterocycles. The molecule has 0 fully saturated rings. The van der Waals surface area contributed by atoms with Crippen LogP contribution in [0.4, 0.5) is 0 Å². The van der Waals surface area contributed by atoms with Gasteiger partial charge in [0.15, 0.2) is 5.82 Å². The molecule has 142 valence electrons. The highest BCUT2D eigenvalue weighted by molar-refractivity contribution is 5.57. The van der Waals surface area contributed by atoms with Crippen molar-refractivity contribution in [3.8, 4) is 23.2 Å². The van der Waals surface area contributed by atoms with Crippen molar-refractivity contribution in [1.29, 1.82) is 0 Å². The van der Waals surface area contributed by atoms with Crippen LogP contribution < -0.4 is 5.76 Å². The van der Waals surface area contributed by atoms with Crippen LogP contribution in [0.25, 0.3) is 11.4 Å². The summed E-state index contributed by atoms with van der Waals surface area (Å²) in [4.78, 5) is 13.6. The fourth-order valence-electron chi connectivity index (χ4n) is 3.88. The third-order valence-electron chi connectivity index (χ3n) is 5.80. The highest BCUT2D eigenvalue weighted by Gasteiger charge is 2.36. The zero-order valence-electron chi connectivity index (χ0n) is 16.7. The molecular formula is C24H24N2O2. The van der Waals surface area contributed by atoms with E-state index in [1.807, 2.05) is 24.3 Å². The number of nitrogens with one attached hydrogen (secondary N) is 1. The Labute approximate surface area is 165 Å². The van der Waals surface area contributed by atoms with E-state index in [2.05, 4.69) is 72.4 Å². The summed E-state index contributed by atoms with van der Waals surface area (Å²) in [7, 11) is 0. The normalized spacial score (nSPS) is 16.7. The molecule has 0 radical (unpaired) electrons. The van der Waals surface area contributed by atoms with Gasteiger partial charge in [0.05, 0.1) is 0 Å². The van der Waals surface area contributed by atoms with Crippen LogP contribution in [0, 0.1) is 11.8 Å². The lowest BCUT2D eigenvalue weighted by molar-refractivity contribution is 0.332. The molecule has 0 amide bonds. The Bertz CT molecular complexity index is 1140. The lowest BCUT2D eigenvalue weighted by Crippen LogP contribution is -2.33. The maximum absolute atomic E-state index is 11.1. The number of nitrogens with zero attached hydrogens (tertiary/aromatic N) is 1. The number of benzene rings is 2. The number of hydrogen-bond donors (Lipinski definition) is 1. The summed E-state index contributed by atoms with van der Waals surface area (Å²) in [5.74, 6) is 6.39. The molecule has 2 aromatic carbocycles. The fourth-order valence-corrected chi connectivity index (χ4v) is 3.88. The predicted octanol–water partition coefficient (Wildman–Crippen LogP) is 4.78. The van der Waals surface area contributed by atoms with Crippen molar-refractivity contribution in [1.82, 2.24) is 10.1 Å². The first-order valence-electron chi connectivity index (χ1n) is 9.58. The lowest BCUT2D eigenvalue weighted by atomic mass is 9.63. The van der Waals surface area contributed by atoms with Crippen LogP contribution in [0.5, 0.6) is 0 Å². The highest BCUT2D eigenvalue weighted by atomic mass is 16.5. The lowest BCUT2D eigenvalue weighted by Gasteiger charge is -2.41. The number of aromatic amines is 1. The number of aromatic nitrogens is 2. The van der Waals surface area contributed by atoms with Gasteiger partial charge in [0.1, 0.15) is 0 Å². The van der Waals surface area contributed by atoms with Crippen molar-refractivity contribution in [3.63, 3.8) is 0 Å². The second-order valence-corrected chi connectivity index (χ2v) is 8.80. The minimum absolute atomic E-state index is 0.179. The molecular weight excluding hydrogens is 348 g/mol. The molecule has 0 spiro atoms. The SMILES string of the molecule is CC1(C)CCC(C)(C)c2cc(C#Cc3ccc(-c4noc(=O)[nH]4)cc3)ccc21. The Hall–Kier alpha value is -3.06. The van der Waals surface area contributed by atoms with E-state index in [1.54, 1.807) is 0 Å². The third kappa shape index (κ3) is 3.41. The fraction of sp³-hybridized carbons (Fsp3) is 0.333. The molecule has 0 atom stereocenters. The van der Waals surface area contributed by atoms with Crippen molar-refractivity contribution < 1.29 is 4.52 Å². The summed E-state index contributed by atoms with van der Waals surface area (Å²) in [6, 6.07) is 14.2. The molecule has 1 heterocycles. The topological polar surface area (TPSA) is 58.9 Å². The Morgan fingerprint density at radius 2 is 1.50 bits per heavy atom. The Morgan fingerprint density at radius 3 is 2.14 bits per heavy atom. The van der Waals surface area contributed by atoms with Gasteiger partial charge in [-0.15, -0.1) is 0 Å². The van der Waals surface area contributed by atoms with Gasteiger partial charge in [-0.3, -0.25) is 9.51 Å². The van der Waals surface area contributed by atoms with E-state index in [-0.39, 0.29) is 10.8 Å². The van der Waals surface area contributed by atoms with Gasteiger partial charge in [-0.1, -0.05) is 50.8 Å². The summed E-state index contributed by atoms with van der Waals surface area (Å²) in [5, 5.41) is 3.70. The Balaban J connectivity index is 1.62. The molecule has 3 aromatic rings. The standard InChI is InChI=1S/C24H24N2O2/c1-23(2)13-14-24(3,4)20-15-17(9-12-19(20)23)6-5-16-7-10-18(11-8-16)21-25-22(27)28-26-21/h7-12,15H,13-14H2,1-4H3,(H,25,26,27). The zero-order chi connectivity index (χ0) is 19.9. The molecule has 1 aromatic heterocycles. The van der Waals surface area contributed by atoms with Gasteiger partial charge < -0.3 is 0 Å². The summed E-state index contributed by atoms with van der Waals surface area (Å²) >= 11 is 0. The molecule has 0 bridgehead atoms. The largest absolute Gasteiger partial charge is 0.439 e. The summed E-state index contributed by atoms with van der Waals surface area (Å²) in [5.41, 5.74) is 5.99. The van der Waals surface area contributed by atoms with Crippen LogP contribution in [0.2, 0.25) is 0 Å². The van der Waals surface area contributed by atoms with E-state index >= 15 is 0 Å². The molecule has 4 nitrogen and oxygen atoms in total. The van der Waals surface area contributed by atoms with Crippen molar-refractivity contribution in [2.45, 2.75) is 51.4 Å². The Kier molecular flexibility index (Phi) is 4.27. The van der Waals surface area contributed by atoms with Gasteiger partial charge in [-0.05, 0) is 71.2 Å². The smallest absolute Gasteiger partial charge is 0.296 e. The van der Waals surface area contributed by atoms with Gasteiger partial charge in [0.25, 0.3) is 0 Å². The van der Waals surface area contributed by atoms with Crippen LogP contribution >= 0.6 is 0 Å². The quantitative estimate of drug-likeness (QED) is 0.626. The van der Waals surface area contributed by atoms with Crippen LogP contribution in [0.1, 0.15) is 62.8 Å². The van der Waals surface area contributed by atoms with E-state index in [0.29, 0.717) is 5.82 Å². The average molecular weight is 372 g/mol. The van der Waals surface area contributed by atoms with E-state index in [1.165, 1.54) is 24.0 Å². The van der Waals surface area contributed by atoms with E-state index in [0.717, 1.165) is 16.7 Å². The monoisotopic (exact) mass is 372 g/mol. The molecule has 1 N–H and O–H groups in total. The molecule has 4 rings (SSSR count). The highest BCUT2D eigenvalue weighted by Crippen LogP contribution is 2.45. The molecule has 4 heteroatoms. The Morgan fingerprint density at radius 1 is 0.893 bits per heavy atom. The average Bonchev–Trinajstić information content (AvgIpc) is 3.11. The summed E-state index contributed by atoms with van der Waals surface area (Å²) < 4.78 is 4.54. The van der Waals surface area contributed by atoms with Gasteiger partial charge in [-0.2, -0.15) is 0 Å². The maximum atomic E-state index is 11.1. The number of fused-ring (bicyclic) bond motifs is 1. The number of H-pyrrole nitrogens is 1. The van der Waals surface area contributed by atoms with Crippen molar-refractivity contribution in [2.24, 2.45) is 0 Å². The van der Waals surface area contributed by atoms with Gasteiger partial charge in [0.2, 0.25) is 0 Å². The van der Waals surface area contributed by atoms with E-state index in [9.17, 15) is 4.79 Å². The number of rotatable bonds is 1. The van der Waals surface area contributed by atoms with E-state index < -0.39 is 5.76 Å². The molecule has 0 unspecified atom stereocenters. The molecule has 0 saturated carbocycles. The van der Waals surface area contributed by atoms with Crippen molar-refractivity contribution in [3.05, 3.63) is 75.3 Å².